The molecule has 1 aliphatic rings. The Balaban J connectivity index is 2.30. The fourth-order valence-electron chi connectivity index (χ4n) is 2.02. The summed E-state index contributed by atoms with van der Waals surface area (Å²) >= 11 is 0. The summed E-state index contributed by atoms with van der Waals surface area (Å²) in [4.78, 5) is 2.45. The van der Waals surface area contributed by atoms with E-state index in [-0.39, 0.29) is 0 Å². The lowest BCUT2D eigenvalue weighted by atomic mass is 10.1. The lowest BCUT2D eigenvalue weighted by Gasteiger charge is -2.18. The molecule has 0 amide bonds. The van der Waals surface area contributed by atoms with Crippen molar-refractivity contribution in [2.24, 2.45) is 0 Å². The van der Waals surface area contributed by atoms with Crippen molar-refractivity contribution in [3.8, 4) is 0 Å². The van der Waals surface area contributed by atoms with Gasteiger partial charge in [0.05, 0.1) is 0 Å². The Morgan fingerprint density at radius 3 is 2.64 bits per heavy atom. The largest absolute Gasteiger partial charge is 0.372 e. The van der Waals surface area contributed by atoms with E-state index in [0.29, 0.717) is 0 Å². The maximum atomic E-state index is 3.84. The van der Waals surface area contributed by atoms with Gasteiger partial charge < -0.3 is 4.90 Å². The molecule has 1 heteroatoms. The Kier molecular flexibility index (Phi) is 2.58. The van der Waals surface area contributed by atoms with Gasteiger partial charge in [-0.1, -0.05) is 18.7 Å². The molecule has 0 spiro atoms. The molecule has 0 N–H and O–H groups in total. The lowest BCUT2D eigenvalue weighted by Crippen LogP contribution is -2.17. The Labute approximate surface area is 86.1 Å². The van der Waals surface area contributed by atoms with Gasteiger partial charge in [0.2, 0.25) is 0 Å². The fourth-order valence-corrected chi connectivity index (χ4v) is 2.02. The lowest BCUT2D eigenvalue weighted by molar-refractivity contribution is 0.949. The third-order valence-corrected chi connectivity index (χ3v) is 2.95. The van der Waals surface area contributed by atoms with Crippen molar-refractivity contribution >= 4 is 11.8 Å². The average Bonchev–Trinajstić information content (AvgIpc) is 2.71. The summed E-state index contributed by atoms with van der Waals surface area (Å²) in [5.74, 6) is 0. The predicted molar refractivity (Wildman–Crippen MR) is 62.7 cm³/mol. The van der Waals surface area contributed by atoms with E-state index in [4.69, 9.17) is 0 Å². The van der Waals surface area contributed by atoms with Crippen LogP contribution in [-0.2, 0) is 0 Å². The minimum Gasteiger partial charge on any atom is -0.372 e. The Morgan fingerprint density at radius 2 is 2.00 bits per heavy atom. The molecule has 0 saturated carbocycles. The van der Waals surface area contributed by atoms with Crippen molar-refractivity contribution in [1.82, 2.24) is 0 Å². The minimum absolute atomic E-state index is 1.21. The molecule has 14 heavy (non-hydrogen) atoms. The van der Waals surface area contributed by atoms with Crippen LogP contribution in [0.5, 0.6) is 0 Å². The van der Waals surface area contributed by atoms with Gasteiger partial charge in [0.1, 0.15) is 0 Å². The highest BCUT2D eigenvalue weighted by Gasteiger charge is 2.12. The minimum atomic E-state index is 1.21. The number of anilines is 1. The van der Waals surface area contributed by atoms with E-state index in [0.717, 1.165) is 0 Å². The Hall–Kier alpha value is -1.24. The molecule has 1 nitrogen and oxygen atoms in total. The molecule has 1 aromatic carbocycles. The van der Waals surface area contributed by atoms with Crippen LogP contribution in [0.3, 0.4) is 0 Å². The van der Waals surface area contributed by atoms with Crippen LogP contribution in [0.15, 0.2) is 24.8 Å². The van der Waals surface area contributed by atoms with Crippen molar-refractivity contribution < 1.29 is 0 Å². The first-order valence-electron chi connectivity index (χ1n) is 5.29. The standard InChI is InChI=1S/C13H17N/c1-3-12-10-13(7-6-11(12)2)14-8-4-5-9-14/h3,6-7,10H,1,4-5,8-9H2,2H3. The molecule has 0 atom stereocenters. The van der Waals surface area contributed by atoms with Gasteiger partial charge in [0.25, 0.3) is 0 Å². The molecule has 0 aliphatic carbocycles. The Bertz CT molecular complexity index is 335. The maximum absolute atomic E-state index is 3.84. The number of hydrogen-bond acceptors (Lipinski definition) is 1. The second-order valence-electron chi connectivity index (χ2n) is 3.94. The van der Waals surface area contributed by atoms with Crippen LogP contribution in [0.25, 0.3) is 6.08 Å². The van der Waals surface area contributed by atoms with Gasteiger partial charge in [-0.05, 0) is 43.0 Å². The van der Waals surface area contributed by atoms with Gasteiger partial charge in [-0.2, -0.15) is 0 Å². The summed E-state index contributed by atoms with van der Waals surface area (Å²) in [6.45, 7) is 8.39. The van der Waals surface area contributed by atoms with Gasteiger partial charge in [0, 0.05) is 18.8 Å². The molecular weight excluding hydrogens is 170 g/mol. The molecule has 0 radical (unpaired) electrons. The van der Waals surface area contributed by atoms with Gasteiger partial charge >= 0.3 is 0 Å². The fraction of sp³-hybridized carbons (Fsp3) is 0.385. The smallest absolute Gasteiger partial charge is 0.0372 e. The van der Waals surface area contributed by atoms with E-state index in [9.17, 15) is 0 Å². The predicted octanol–water partition coefficient (Wildman–Crippen LogP) is 3.24. The van der Waals surface area contributed by atoms with E-state index in [2.05, 4.69) is 36.6 Å². The van der Waals surface area contributed by atoms with Crippen molar-refractivity contribution in [2.45, 2.75) is 19.8 Å². The summed E-state index contributed by atoms with van der Waals surface area (Å²) < 4.78 is 0. The van der Waals surface area contributed by atoms with E-state index in [1.165, 1.54) is 42.7 Å². The highest BCUT2D eigenvalue weighted by atomic mass is 15.1. The quantitative estimate of drug-likeness (QED) is 0.687. The van der Waals surface area contributed by atoms with Gasteiger partial charge in [0.15, 0.2) is 0 Å². The summed E-state index contributed by atoms with van der Waals surface area (Å²) in [6.07, 6.45) is 4.60. The van der Waals surface area contributed by atoms with Crippen LogP contribution in [-0.4, -0.2) is 13.1 Å². The number of rotatable bonds is 2. The molecule has 2 rings (SSSR count). The van der Waals surface area contributed by atoms with Crippen molar-refractivity contribution in [3.63, 3.8) is 0 Å². The summed E-state index contributed by atoms with van der Waals surface area (Å²) in [5.41, 5.74) is 3.92. The van der Waals surface area contributed by atoms with Gasteiger partial charge in [-0.15, -0.1) is 0 Å². The monoisotopic (exact) mass is 187 g/mol. The van der Waals surface area contributed by atoms with Gasteiger partial charge in [-0.25, -0.2) is 0 Å². The third-order valence-electron chi connectivity index (χ3n) is 2.95. The zero-order chi connectivity index (χ0) is 9.97. The first-order chi connectivity index (χ1) is 6.81. The molecule has 1 aliphatic heterocycles. The molecule has 1 saturated heterocycles. The van der Waals surface area contributed by atoms with Crippen LogP contribution in [0, 0.1) is 6.92 Å². The molecule has 0 bridgehead atoms. The molecule has 0 unspecified atom stereocenters. The third kappa shape index (κ3) is 1.67. The highest BCUT2D eigenvalue weighted by molar-refractivity contribution is 5.60. The topological polar surface area (TPSA) is 3.24 Å². The number of nitrogens with zero attached hydrogens (tertiary/aromatic N) is 1. The second kappa shape index (κ2) is 3.87. The average molecular weight is 187 g/mol. The normalized spacial score (nSPS) is 15.9. The molecule has 1 heterocycles. The van der Waals surface area contributed by atoms with Crippen LogP contribution in [0.2, 0.25) is 0 Å². The molecular formula is C13H17N. The zero-order valence-electron chi connectivity index (χ0n) is 8.79. The van der Waals surface area contributed by atoms with Crippen molar-refractivity contribution in [2.75, 3.05) is 18.0 Å². The molecule has 74 valence electrons. The van der Waals surface area contributed by atoms with Crippen LogP contribution in [0.1, 0.15) is 24.0 Å². The number of aryl methyl sites for hydroxylation is 1. The van der Waals surface area contributed by atoms with Crippen molar-refractivity contribution in [3.05, 3.63) is 35.9 Å². The molecule has 1 fully saturated rings. The first kappa shape index (κ1) is 9.32. The molecule has 1 aromatic rings. The van der Waals surface area contributed by atoms with Crippen LogP contribution >= 0.6 is 0 Å². The first-order valence-corrected chi connectivity index (χ1v) is 5.29. The highest BCUT2D eigenvalue weighted by Crippen LogP contribution is 2.23. The van der Waals surface area contributed by atoms with E-state index >= 15 is 0 Å². The SMILES string of the molecule is C=Cc1cc(N2CCCC2)ccc1C. The van der Waals surface area contributed by atoms with Crippen LogP contribution < -0.4 is 4.90 Å². The Morgan fingerprint density at radius 1 is 1.29 bits per heavy atom. The summed E-state index contributed by atoms with van der Waals surface area (Å²) in [6, 6.07) is 6.64. The van der Waals surface area contributed by atoms with Crippen LogP contribution in [0.4, 0.5) is 5.69 Å². The number of benzene rings is 1. The van der Waals surface area contributed by atoms with Crippen molar-refractivity contribution in [1.29, 1.82) is 0 Å². The van der Waals surface area contributed by atoms with E-state index in [1.807, 2.05) is 6.08 Å². The van der Waals surface area contributed by atoms with E-state index < -0.39 is 0 Å². The second-order valence-corrected chi connectivity index (χ2v) is 3.94. The van der Waals surface area contributed by atoms with Gasteiger partial charge in [-0.3, -0.25) is 0 Å². The maximum Gasteiger partial charge on any atom is 0.0372 e. The number of hydrogen-bond donors (Lipinski definition) is 0. The molecule has 0 aromatic heterocycles. The summed E-state index contributed by atoms with van der Waals surface area (Å²) in [5, 5.41) is 0. The van der Waals surface area contributed by atoms with E-state index in [1.54, 1.807) is 0 Å². The summed E-state index contributed by atoms with van der Waals surface area (Å²) in [7, 11) is 0. The zero-order valence-corrected chi connectivity index (χ0v) is 8.79.